The van der Waals surface area contributed by atoms with E-state index in [0.29, 0.717) is 5.69 Å². The zero-order valence-corrected chi connectivity index (χ0v) is 8.80. The first-order chi connectivity index (χ1) is 8.15. The molecule has 1 aromatic heterocycles. The number of hydrogen-bond acceptors (Lipinski definition) is 4. The second kappa shape index (κ2) is 4.60. The highest BCUT2D eigenvalue weighted by Crippen LogP contribution is 2.17. The molecule has 0 atom stereocenters. The van der Waals surface area contributed by atoms with Gasteiger partial charge in [0.1, 0.15) is 12.4 Å². The maximum absolute atomic E-state index is 13.3. The van der Waals surface area contributed by atoms with Gasteiger partial charge >= 0.3 is 0 Å². The standard InChI is InChI=1S/C10H10FN5O/c11-8-2-1-7(12)5-9(8)14-10(17)6-16-4-3-13-15-16/h1-5H,6,12H2,(H,14,17). The van der Waals surface area contributed by atoms with E-state index in [1.54, 1.807) is 0 Å². The smallest absolute Gasteiger partial charge is 0.246 e. The number of halogens is 1. The summed E-state index contributed by atoms with van der Waals surface area (Å²) in [4.78, 5) is 11.5. The summed E-state index contributed by atoms with van der Waals surface area (Å²) in [5, 5.41) is 9.58. The number of aromatic nitrogens is 3. The van der Waals surface area contributed by atoms with Crippen LogP contribution in [0.15, 0.2) is 30.6 Å². The Balaban J connectivity index is 2.05. The van der Waals surface area contributed by atoms with Gasteiger partial charge < -0.3 is 11.1 Å². The van der Waals surface area contributed by atoms with Crippen molar-refractivity contribution in [1.29, 1.82) is 0 Å². The van der Waals surface area contributed by atoms with Crippen molar-refractivity contribution in [3.63, 3.8) is 0 Å². The van der Waals surface area contributed by atoms with Crippen LogP contribution < -0.4 is 11.1 Å². The average molecular weight is 235 g/mol. The summed E-state index contributed by atoms with van der Waals surface area (Å²) in [5.41, 5.74) is 5.92. The maximum atomic E-state index is 13.3. The summed E-state index contributed by atoms with van der Waals surface area (Å²) in [5.74, 6) is -0.939. The summed E-state index contributed by atoms with van der Waals surface area (Å²) in [6, 6.07) is 3.97. The SMILES string of the molecule is Nc1ccc(F)c(NC(=O)Cn2ccnn2)c1. The molecule has 0 aliphatic rings. The second-order valence-corrected chi connectivity index (χ2v) is 3.39. The summed E-state index contributed by atoms with van der Waals surface area (Å²) in [7, 11) is 0. The first kappa shape index (κ1) is 11.1. The fourth-order valence-corrected chi connectivity index (χ4v) is 1.29. The fraction of sp³-hybridized carbons (Fsp3) is 0.100. The zero-order chi connectivity index (χ0) is 12.3. The Morgan fingerprint density at radius 2 is 2.35 bits per heavy atom. The summed E-state index contributed by atoms with van der Waals surface area (Å²) in [6.07, 6.45) is 2.99. The molecule has 6 nitrogen and oxygen atoms in total. The van der Waals surface area contributed by atoms with Gasteiger partial charge in [0.05, 0.1) is 11.9 Å². The van der Waals surface area contributed by atoms with Gasteiger partial charge in [-0.2, -0.15) is 0 Å². The van der Waals surface area contributed by atoms with Crippen molar-refractivity contribution in [1.82, 2.24) is 15.0 Å². The van der Waals surface area contributed by atoms with E-state index in [1.807, 2.05) is 0 Å². The van der Waals surface area contributed by atoms with E-state index >= 15 is 0 Å². The van der Waals surface area contributed by atoms with E-state index < -0.39 is 11.7 Å². The molecular weight excluding hydrogens is 225 g/mol. The number of benzene rings is 1. The molecule has 17 heavy (non-hydrogen) atoms. The predicted molar refractivity (Wildman–Crippen MR) is 59.5 cm³/mol. The molecule has 0 saturated heterocycles. The summed E-state index contributed by atoms with van der Waals surface area (Å²) in [6.45, 7) is -0.0335. The quantitative estimate of drug-likeness (QED) is 0.764. The number of nitrogens with two attached hydrogens (primary N) is 1. The van der Waals surface area contributed by atoms with Gasteiger partial charge in [0, 0.05) is 11.9 Å². The Hall–Kier alpha value is -2.44. The lowest BCUT2D eigenvalue weighted by Gasteiger charge is -2.06. The van der Waals surface area contributed by atoms with Crippen molar-refractivity contribution >= 4 is 17.3 Å². The van der Waals surface area contributed by atoms with E-state index in [4.69, 9.17) is 5.73 Å². The third-order valence-corrected chi connectivity index (χ3v) is 2.04. The summed E-state index contributed by atoms with van der Waals surface area (Å²) >= 11 is 0. The zero-order valence-electron chi connectivity index (χ0n) is 8.80. The van der Waals surface area contributed by atoms with Gasteiger partial charge in [-0.15, -0.1) is 5.10 Å². The lowest BCUT2D eigenvalue weighted by Crippen LogP contribution is -2.19. The van der Waals surface area contributed by atoms with Gasteiger partial charge in [-0.3, -0.25) is 4.79 Å². The molecule has 2 aromatic rings. The molecule has 88 valence electrons. The lowest BCUT2D eigenvalue weighted by atomic mass is 10.2. The number of carbonyl (C=O) groups is 1. The highest BCUT2D eigenvalue weighted by atomic mass is 19.1. The van der Waals surface area contributed by atoms with Crippen LogP contribution in [0.4, 0.5) is 15.8 Å². The first-order valence-corrected chi connectivity index (χ1v) is 4.84. The molecule has 0 bridgehead atoms. The van der Waals surface area contributed by atoms with Crippen molar-refractivity contribution in [2.24, 2.45) is 0 Å². The Kier molecular flexibility index (Phi) is 2.99. The van der Waals surface area contributed by atoms with Crippen LogP contribution in [0.2, 0.25) is 0 Å². The number of nitrogens with zero attached hydrogens (tertiary/aromatic N) is 3. The molecule has 0 fully saturated rings. The van der Waals surface area contributed by atoms with E-state index in [9.17, 15) is 9.18 Å². The molecule has 1 amide bonds. The van der Waals surface area contributed by atoms with Crippen molar-refractivity contribution in [2.75, 3.05) is 11.1 Å². The van der Waals surface area contributed by atoms with Gasteiger partial charge in [0.2, 0.25) is 5.91 Å². The van der Waals surface area contributed by atoms with Gasteiger partial charge in [-0.1, -0.05) is 5.21 Å². The summed E-state index contributed by atoms with van der Waals surface area (Å²) < 4.78 is 14.6. The van der Waals surface area contributed by atoms with Crippen LogP contribution >= 0.6 is 0 Å². The number of nitrogens with one attached hydrogen (secondary N) is 1. The minimum absolute atomic E-state index is 0.0335. The number of anilines is 2. The average Bonchev–Trinajstić information content (AvgIpc) is 2.76. The van der Waals surface area contributed by atoms with Crippen molar-refractivity contribution in [3.8, 4) is 0 Å². The normalized spacial score (nSPS) is 10.2. The minimum Gasteiger partial charge on any atom is -0.399 e. The molecule has 0 saturated carbocycles. The highest BCUT2D eigenvalue weighted by Gasteiger charge is 2.08. The van der Waals surface area contributed by atoms with Crippen LogP contribution in [0.5, 0.6) is 0 Å². The third kappa shape index (κ3) is 2.77. The molecule has 2 rings (SSSR count). The van der Waals surface area contributed by atoms with Crippen LogP contribution in [0.3, 0.4) is 0 Å². The van der Waals surface area contributed by atoms with Crippen molar-refractivity contribution < 1.29 is 9.18 Å². The maximum Gasteiger partial charge on any atom is 0.246 e. The van der Waals surface area contributed by atoms with Gasteiger partial charge in [-0.25, -0.2) is 9.07 Å². The van der Waals surface area contributed by atoms with Crippen LogP contribution in [0.1, 0.15) is 0 Å². The van der Waals surface area contributed by atoms with E-state index in [-0.39, 0.29) is 12.2 Å². The minimum atomic E-state index is -0.536. The monoisotopic (exact) mass is 235 g/mol. The van der Waals surface area contributed by atoms with Gasteiger partial charge in [0.15, 0.2) is 0 Å². The van der Waals surface area contributed by atoms with Crippen LogP contribution in [-0.2, 0) is 11.3 Å². The topological polar surface area (TPSA) is 85.8 Å². The molecule has 0 spiro atoms. The van der Waals surface area contributed by atoms with E-state index in [1.165, 1.54) is 35.3 Å². The van der Waals surface area contributed by atoms with E-state index in [2.05, 4.69) is 15.6 Å². The Bertz CT molecular complexity index is 525. The molecule has 0 unspecified atom stereocenters. The number of hydrogen-bond donors (Lipinski definition) is 2. The molecule has 1 heterocycles. The van der Waals surface area contributed by atoms with E-state index in [0.717, 1.165) is 0 Å². The first-order valence-electron chi connectivity index (χ1n) is 4.84. The molecule has 3 N–H and O–H groups in total. The van der Waals surface area contributed by atoms with Crippen LogP contribution in [0, 0.1) is 5.82 Å². The number of rotatable bonds is 3. The molecule has 0 aliphatic carbocycles. The third-order valence-electron chi connectivity index (χ3n) is 2.04. The van der Waals surface area contributed by atoms with Crippen LogP contribution in [0.25, 0.3) is 0 Å². The molecule has 0 radical (unpaired) electrons. The molecule has 0 aliphatic heterocycles. The number of carbonyl (C=O) groups excluding carboxylic acids is 1. The molecule has 7 heteroatoms. The second-order valence-electron chi connectivity index (χ2n) is 3.39. The number of amides is 1. The lowest BCUT2D eigenvalue weighted by molar-refractivity contribution is -0.116. The Labute approximate surface area is 96.2 Å². The fourth-order valence-electron chi connectivity index (χ4n) is 1.29. The van der Waals surface area contributed by atoms with Gasteiger partial charge in [0.25, 0.3) is 0 Å². The highest BCUT2D eigenvalue weighted by molar-refractivity contribution is 5.91. The van der Waals surface area contributed by atoms with Gasteiger partial charge in [-0.05, 0) is 18.2 Å². The largest absolute Gasteiger partial charge is 0.399 e. The predicted octanol–water partition coefficient (Wildman–Crippen LogP) is 0.638. The molecular formula is C10H10FN5O. The Morgan fingerprint density at radius 3 is 3.06 bits per heavy atom. The van der Waals surface area contributed by atoms with Crippen molar-refractivity contribution in [2.45, 2.75) is 6.54 Å². The molecule has 1 aromatic carbocycles. The number of nitrogen functional groups attached to an aromatic ring is 1. The van der Waals surface area contributed by atoms with Crippen LogP contribution in [-0.4, -0.2) is 20.9 Å². The van der Waals surface area contributed by atoms with Crippen molar-refractivity contribution in [3.05, 3.63) is 36.4 Å². The Morgan fingerprint density at radius 1 is 1.53 bits per heavy atom.